The van der Waals surface area contributed by atoms with Gasteiger partial charge in [-0.25, -0.2) is 5.01 Å². The number of carbonyl (C=O) groups is 2. The molecule has 1 unspecified atom stereocenters. The molecular weight excluding hydrogens is 268 g/mol. The number of hydrogen-bond donors (Lipinski definition) is 1. The van der Waals surface area contributed by atoms with Gasteiger partial charge in [-0.05, 0) is 24.3 Å². The average Bonchev–Trinajstić information content (AvgIpc) is 2.82. The molecule has 6 nitrogen and oxygen atoms in total. The molecule has 6 heteroatoms. The Bertz CT molecular complexity index is 685. The van der Waals surface area contributed by atoms with Crippen molar-refractivity contribution < 1.29 is 9.59 Å². The maximum absolute atomic E-state index is 12.2. The van der Waals surface area contributed by atoms with Crippen molar-refractivity contribution in [2.24, 2.45) is 10.2 Å². The number of anilines is 1. The van der Waals surface area contributed by atoms with Crippen LogP contribution in [0.15, 0.2) is 70.9 Å². The molecule has 1 heterocycles. The number of para-hydroxylation sites is 1. The SMILES string of the molecule is O=C1NN(c2ccccc2)C(=O)C1N=Nc1ccccc1. The summed E-state index contributed by atoms with van der Waals surface area (Å²) in [5.74, 6) is -0.922. The second kappa shape index (κ2) is 5.54. The van der Waals surface area contributed by atoms with E-state index in [0.29, 0.717) is 11.4 Å². The molecule has 0 aromatic heterocycles. The highest BCUT2D eigenvalue weighted by atomic mass is 16.2. The summed E-state index contributed by atoms with van der Waals surface area (Å²) in [5.41, 5.74) is 3.68. The van der Waals surface area contributed by atoms with Gasteiger partial charge in [-0.2, -0.15) is 10.2 Å². The van der Waals surface area contributed by atoms with Gasteiger partial charge in [0.15, 0.2) is 0 Å². The molecule has 1 aliphatic heterocycles. The zero-order valence-corrected chi connectivity index (χ0v) is 11.0. The maximum Gasteiger partial charge on any atom is 0.282 e. The standard InChI is InChI=1S/C15H12N4O2/c20-14-13(17-16-11-7-3-1-4-8-11)15(21)19(18-14)12-9-5-2-6-10-12/h1-10,13H,(H,18,20). The van der Waals surface area contributed by atoms with Gasteiger partial charge in [0.25, 0.3) is 11.8 Å². The van der Waals surface area contributed by atoms with Crippen LogP contribution in [-0.4, -0.2) is 17.9 Å². The summed E-state index contributed by atoms with van der Waals surface area (Å²) < 4.78 is 0. The van der Waals surface area contributed by atoms with Crippen molar-refractivity contribution in [2.45, 2.75) is 6.04 Å². The Morgan fingerprint density at radius 3 is 2.19 bits per heavy atom. The fourth-order valence-corrected chi connectivity index (χ4v) is 1.95. The van der Waals surface area contributed by atoms with Crippen LogP contribution in [0, 0.1) is 0 Å². The predicted molar refractivity (Wildman–Crippen MR) is 76.8 cm³/mol. The van der Waals surface area contributed by atoms with E-state index in [9.17, 15) is 9.59 Å². The lowest BCUT2D eigenvalue weighted by molar-refractivity contribution is -0.123. The van der Waals surface area contributed by atoms with Crippen LogP contribution in [0.3, 0.4) is 0 Å². The Hall–Kier alpha value is -3.02. The minimum absolute atomic E-state index is 0.439. The zero-order chi connectivity index (χ0) is 14.7. The minimum Gasteiger partial charge on any atom is -0.270 e. The molecule has 2 aromatic carbocycles. The molecule has 0 spiro atoms. The van der Waals surface area contributed by atoms with Crippen LogP contribution in [0.1, 0.15) is 0 Å². The number of nitrogens with zero attached hydrogens (tertiary/aromatic N) is 3. The highest BCUT2D eigenvalue weighted by Crippen LogP contribution is 2.19. The van der Waals surface area contributed by atoms with Gasteiger partial charge < -0.3 is 0 Å². The molecule has 1 aliphatic rings. The van der Waals surface area contributed by atoms with Crippen molar-refractivity contribution in [1.29, 1.82) is 0 Å². The number of amides is 2. The van der Waals surface area contributed by atoms with Gasteiger partial charge in [-0.15, -0.1) is 0 Å². The Morgan fingerprint density at radius 1 is 0.905 bits per heavy atom. The van der Waals surface area contributed by atoms with Crippen LogP contribution in [0.25, 0.3) is 0 Å². The number of nitrogens with one attached hydrogen (secondary N) is 1. The summed E-state index contributed by atoms with van der Waals surface area (Å²) in [5, 5.41) is 8.98. The van der Waals surface area contributed by atoms with Crippen molar-refractivity contribution >= 4 is 23.2 Å². The van der Waals surface area contributed by atoms with Gasteiger partial charge in [0.1, 0.15) is 0 Å². The van der Waals surface area contributed by atoms with Crippen LogP contribution in [0.2, 0.25) is 0 Å². The topological polar surface area (TPSA) is 74.1 Å². The van der Waals surface area contributed by atoms with Crippen molar-refractivity contribution in [3.05, 3.63) is 60.7 Å². The largest absolute Gasteiger partial charge is 0.282 e. The Balaban J connectivity index is 1.80. The monoisotopic (exact) mass is 280 g/mol. The van der Waals surface area contributed by atoms with Crippen LogP contribution < -0.4 is 10.4 Å². The molecule has 104 valence electrons. The van der Waals surface area contributed by atoms with Crippen molar-refractivity contribution in [1.82, 2.24) is 5.43 Å². The third kappa shape index (κ3) is 2.64. The minimum atomic E-state index is -1.15. The van der Waals surface area contributed by atoms with E-state index >= 15 is 0 Å². The smallest absolute Gasteiger partial charge is 0.270 e. The molecule has 1 N–H and O–H groups in total. The number of hydrogen-bond acceptors (Lipinski definition) is 4. The van der Waals surface area contributed by atoms with Gasteiger partial charge in [-0.1, -0.05) is 36.4 Å². The maximum atomic E-state index is 12.2. The highest BCUT2D eigenvalue weighted by molar-refractivity contribution is 6.17. The first-order chi connectivity index (χ1) is 10.3. The second-order valence-electron chi connectivity index (χ2n) is 4.44. The molecule has 0 saturated carbocycles. The van der Waals surface area contributed by atoms with Crippen LogP contribution in [0.4, 0.5) is 11.4 Å². The first kappa shape index (κ1) is 13.0. The molecule has 2 aromatic rings. The first-order valence-electron chi connectivity index (χ1n) is 6.41. The summed E-state index contributed by atoms with van der Waals surface area (Å²) in [6, 6.07) is 16.7. The van der Waals surface area contributed by atoms with Crippen molar-refractivity contribution in [3.8, 4) is 0 Å². The number of azo groups is 1. The summed E-state index contributed by atoms with van der Waals surface area (Å²) in [4.78, 5) is 24.1. The summed E-state index contributed by atoms with van der Waals surface area (Å²) in [7, 11) is 0. The quantitative estimate of drug-likeness (QED) is 0.691. The molecule has 0 bridgehead atoms. The molecule has 1 saturated heterocycles. The Morgan fingerprint density at radius 2 is 1.52 bits per heavy atom. The molecule has 3 rings (SSSR count). The summed E-state index contributed by atoms with van der Waals surface area (Å²) in [6.45, 7) is 0. The molecule has 0 aliphatic carbocycles. The number of carbonyl (C=O) groups excluding carboxylic acids is 2. The van der Waals surface area contributed by atoms with Crippen molar-refractivity contribution in [3.63, 3.8) is 0 Å². The van der Waals surface area contributed by atoms with Crippen LogP contribution >= 0.6 is 0 Å². The summed E-state index contributed by atoms with van der Waals surface area (Å²) >= 11 is 0. The normalized spacial score (nSPS) is 18.3. The van der Waals surface area contributed by atoms with Crippen molar-refractivity contribution in [2.75, 3.05) is 5.01 Å². The van der Waals surface area contributed by atoms with E-state index in [-0.39, 0.29) is 0 Å². The lowest BCUT2D eigenvalue weighted by Gasteiger charge is -2.14. The second-order valence-corrected chi connectivity index (χ2v) is 4.44. The molecule has 1 atom stereocenters. The van der Waals surface area contributed by atoms with E-state index < -0.39 is 17.9 Å². The fourth-order valence-electron chi connectivity index (χ4n) is 1.95. The van der Waals surface area contributed by atoms with Crippen LogP contribution in [-0.2, 0) is 9.59 Å². The van der Waals surface area contributed by atoms with Gasteiger partial charge in [0.2, 0.25) is 6.04 Å². The van der Waals surface area contributed by atoms with Gasteiger partial charge >= 0.3 is 0 Å². The molecule has 1 fully saturated rings. The number of benzene rings is 2. The zero-order valence-electron chi connectivity index (χ0n) is 11.0. The Labute approximate surface area is 121 Å². The lowest BCUT2D eigenvalue weighted by atomic mass is 10.3. The molecule has 2 amide bonds. The number of hydrazine groups is 1. The van der Waals surface area contributed by atoms with Gasteiger partial charge in [0.05, 0.1) is 11.4 Å². The van der Waals surface area contributed by atoms with E-state index in [1.807, 2.05) is 12.1 Å². The van der Waals surface area contributed by atoms with E-state index in [2.05, 4.69) is 15.7 Å². The number of rotatable bonds is 3. The average molecular weight is 280 g/mol. The fraction of sp³-hybridized carbons (Fsp3) is 0.0667. The lowest BCUT2D eigenvalue weighted by Crippen LogP contribution is -2.35. The van der Waals surface area contributed by atoms with Gasteiger partial charge in [0, 0.05) is 0 Å². The molecular formula is C15H12N4O2. The third-order valence-electron chi connectivity index (χ3n) is 2.98. The molecule has 21 heavy (non-hydrogen) atoms. The van der Waals surface area contributed by atoms with E-state index in [4.69, 9.17) is 0 Å². The highest BCUT2D eigenvalue weighted by Gasteiger charge is 2.40. The first-order valence-corrected chi connectivity index (χ1v) is 6.41. The van der Waals surface area contributed by atoms with E-state index in [1.165, 1.54) is 5.01 Å². The van der Waals surface area contributed by atoms with Crippen LogP contribution in [0.5, 0.6) is 0 Å². The predicted octanol–water partition coefficient (Wildman–Crippen LogP) is 2.22. The van der Waals surface area contributed by atoms with E-state index in [0.717, 1.165) is 0 Å². The summed E-state index contributed by atoms with van der Waals surface area (Å²) in [6.07, 6.45) is 0. The Kier molecular flexibility index (Phi) is 3.42. The van der Waals surface area contributed by atoms with E-state index in [1.54, 1.807) is 48.5 Å². The molecule has 0 radical (unpaired) electrons. The van der Waals surface area contributed by atoms with Gasteiger partial charge in [-0.3, -0.25) is 15.0 Å². The third-order valence-corrected chi connectivity index (χ3v) is 2.98.